The molecule has 96 heavy (non-hydrogen) atoms. The number of hydrogen-bond donors (Lipinski definition) is 4. The number of benzene rings is 2. The van der Waals surface area contributed by atoms with Gasteiger partial charge in [-0.25, -0.2) is 19.3 Å². The molecule has 6 aliphatic rings. The molecule has 0 amide bonds. The third kappa shape index (κ3) is 23.2. The number of pyridine rings is 4. The van der Waals surface area contributed by atoms with E-state index in [4.69, 9.17) is 19.9 Å². The van der Waals surface area contributed by atoms with E-state index in [-0.39, 0.29) is 125 Å². The van der Waals surface area contributed by atoms with Crippen molar-refractivity contribution >= 4 is 23.9 Å². The molecule has 0 atom stereocenters. The van der Waals surface area contributed by atoms with Gasteiger partial charge in [-0.3, -0.25) is 68.3 Å². The van der Waals surface area contributed by atoms with Crippen molar-refractivity contribution in [3.05, 3.63) is 183 Å². The number of carboxylic acid groups (broad SMARTS) is 4. The molecule has 6 aromatic heterocycles. The van der Waals surface area contributed by atoms with Crippen molar-refractivity contribution in [2.75, 3.05) is 131 Å². The van der Waals surface area contributed by atoms with Gasteiger partial charge in [0.2, 0.25) is 0 Å². The maximum atomic E-state index is 12.5. The summed E-state index contributed by atoms with van der Waals surface area (Å²) in [6.45, 7) is 8.97. The fourth-order valence-corrected chi connectivity index (χ4v) is 12.1. The maximum Gasteiger partial charge on any atom is 0.317 e. The van der Waals surface area contributed by atoms with E-state index in [1.165, 1.54) is 0 Å². The van der Waals surface area contributed by atoms with E-state index in [0.717, 1.165) is 56.4 Å². The molecule has 0 unspecified atom stereocenters. The molecule has 2 aromatic carbocycles. The van der Waals surface area contributed by atoms with Gasteiger partial charge in [-0.05, 0) is 70.8 Å². The van der Waals surface area contributed by atoms with Crippen LogP contribution in [0.5, 0.6) is 0 Å². The van der Waals surface area contributed by atoms with Crippen molar-refractivity contribution in [3.8, 4) is 45.0 Å². The molecule has 12 heterocycles. The smallest absolute Gasteiger partial charge is 0.317 e. The predicted octanol–water partition coefficient (Wildman–Crippen LogP) is 4.61. The van der Waals surface area contributed by atoms with Crippen LogP contribution in [0, 0.1) is 86.1 Å². The van der Waals surface area contributed by atoms with E-state index in [1.54, 1.807) is 9.36 Å². The fraction of sp³-hybridized carbons (Fsp3) is 0.382. The van der Waals surface area contributed by atoms with Gasteiger partial charge in [-0.15, -0.1) is 10.2 Å². The molecule has 2 radical (unpaired) electrons. The molecule has 26 nitrogen and oxygen atoms in total. The second-order valence-electron chi connectivity index (χ2n) is 23.8. The molecule has 2 fully saturated rings. The minimum absolute atomic E-state index is 0. The van der Waals surface area contributed by atoms with Gasteiger partial charge in [0.25, 0.3) is 0 Å². The van der Waals surface area contributed by atoms with E-state index in [1.807, 2.05) is 141 Å². The van der Waals surface area contributed by atoms with E-state index in [2.05, 4.69) is 52.4 Å². The Morgan fingerprint density at radius 2 is 0.594 bits per heavy atom. The van der Waals surface area contributed by atoms with E-state index in [9.17, 15) is 39.6 Å². The Kier molecular flexibility index (Phi) is 30.2. The van der Waals surface area contributed by atoms with Gasteiger partial charge in [0.1, 0.15) is 11.4 Å². The van der Waals surface area contributed by atoms with Crippen molar-refractivity contribution in [2.45, 2.75) is 39.3 Å². The summed E-state index contributed by atoms with van der Waals surface area (Å²) in [7, 11) is 0. The molecular weight excluding hydrogens is 1470 g/mol. The Hall–Kier alpha value is -6.73. The molecule has 502 valence electrons. The summed E-state index contributed by atoms with van der Waals surface area (Å²) in [5.74, 6) is -3.72. The van der Waals surface area contributed by atoms with Crippen molar-refractivity contribution in [1.82, 2.24) is 89.1 Å². The Morgan fingerprint density at radius 1 is 0.312 bits per heavy atom. The summed E-state index contributed by atoms with van der Waals surface area (Å²) >= 11 is 0. The number of aliphatic carboxylic acids is 4. The van der Waals surface area contributed by atoms with Gasteiger partial charge in [-0.2, -0.15) is 0 Å². The Labute approximate surface area is 616 Å². The molecule has 28 heteroatoms. The Bertz CT molecular complexity index is 3490. The van der Waals surface area contributed by atoms with Gasteiger partial charge in [-0.1, -0.05) is 83.2 Å². The second-order valence-corrected chi connectivity index (χ2v) is 23.8. The number of aromatic nitrogens is 10. The summed E-state index contributed by atoms with van der Waals surface area (Å²) in [5, 5.41) is 59.1. The number of carboxylic acids is 4. The normalized spacial score (nSPS) is 19.2. The first-order valence-electron chi connectivity index (χ1n) is 31.2. The van der Waals surface area contributed by atoms with Crippen LogP contribution in [0.15, 0.2) is 134 Å². The molecule has 14 rings (SSSR count). The molecule has 0 saturated carbocycles. The van der Waals surface area contributed by atoms with Crippen LogP contribution in [0.1, 0.15) is 34.2 Å². The summed E-state index contributed by atoms with van der Waals surface area (Å²) in [4.78, 5) is 87.0. The first-order valence-corrected chi connectivity index (χ1v) is 31.2. The van der Waals surface area contributed by atoms with Gasteiger partial charge in [0.05, 0.1) is 97.2 Å². The van der Waals surface area contributed by atoms with Crippen LogP contribution in [0.4, 0.5) is 0 Å². The number of hydrogen-bond acceptors (Lipinski definition) is 20. The predicted molar refractivity (Wildman–Crippen MR) is 354 cm³/mol. The molecule has 4 N–H and O–H groups in total. The molecule has 16 bridgehead atoms. The first-order chi connectivity index (χ1) is 44.7. The summed E-state index contributed by atoms with van der Waals surface area (Å²) in [6, 6.07) is 39.8. The molecule has 6 aliphatic heterocycles. The summed E-state index contributed by atoms with van der Waals surface area (Å²) in [5.41, 5.74) is 10.7. The van der Waals surface area contributed by atoms with Crippen LogP contribution in [0.25, 0.3) is 45.0 Å². The molecule has 0 spiro atoms. The maximum absolute atomic E-state index is 12.5. The number of carbonyl (C=O) groups is 4. The van der Waals surface area contributed by atoms with Crippen LogP contribution in [0.2, 0.25) is 0 Å². The Balaban J connectivity index is 0.00000325. The van der Waals surface area contributed by atoms with E-state index in [0.29, 0.717) is 154 Å². The zero-order valence-corrected chi connectivity index (χ0v) is 62.0. The van der Waals surface area contributed by atoms with Crippen LogP contribution >= 0.6 is 0 Å². The average Bonchev–Trinajstić information content (AvgIpc) is 1.43. The van der Waals surface area contributed by atoms with Crippen molar-refractivity contribution in [2.24, 2.45) is 0 Å². The van der Waals surface area contributed by atoms with Crippen molar-refractivity contribution in [3.63, 3.8) is 0 Å². The van der Waals surface area contributed by atoms with Crippen molar-refractivity contribution < 1.29 is 111 Å². The number of rotatable bonds is 10. The summed E-state index contributed by atoms with van der Waals surface area (Å²) in [6.07, 6.45) is 3.68. The van der Waals surface area contributed by atoms with Crippen LogP contribution in [0.3, 0.4) is 0 Å². The Morgan fingerprint density at radius 3 is 0.885 bits per heavy atom. The van der Waals surface area contributed by atoms with Crippen LogP contribution in [-0.2, 0) is 58.4 Å². The minimum atomic E-state index is -0.929. The van der Waals surface area contributed by atoms with Gasteiger partial charge in [0.15, 0.2) is 0 Å². The number of nitrogens with zero attached hydrogens (tertiary/aromatic N) is 18. The van der Waals surface area contributed by atoms with Crippen LogP contribution < -0.4 is 0 Å². The standard InChI is InChI=1S/C66H78N18O8.2CH3.2La/c85-63(86)45-79-25-17-75-18-26-80(46-64(87)88)30-22-77(21-29-79)39-55-33-51(49-9-3-1-4-10-49)35-57(67-55)41-83-43-61(71-73-83)59-15-7-13-53(69-59)37-76-19-27-81(47-65(89)90)31-23-78(24-32-82(28-20-76)48-66(91)92)40-56-34-52(50-11-5-2-6-12-50)36-58(68-56)42-84-44-62(72-74-84)60-16-8-14-54(38-75)70-60;;;;/h1-16,33-36,43-44H,17-32,37-42,45-48H2,(H,85,86)(H,87,88)(H,89,90)(H,91,92);2*1H3;;/q;2*-1;;. The second kappa shape index (κ2) is 37.9. The minimum Gasteiger partial charge on any atom is -0.480 e. The first kappa shape index (κ1) is 76.6. The van der Waals surface area contributed by atoms with Crippen LogP contribution in [-0.4, -0.2) is 264 Å². The molecule has 8 aromatic rings. The monoisotopic (exact) mass is 1560 g/mol. The quantitative estimate of drug-likeness (QED) is 0.136. The molecule has 2 saturated heterocycles. The molecular formula is C68H84La2N18O8-2. The van der Waals surface area contributed by atoms with E-state index < -0.39 is 23.9 Å². The topological polar surface area (TPSA) is 288 Å². The summed E-state index contributed by atoms with van der Waals surface area (Å²) < 4.78 is 3.46. The molecule has 0 aliphatic carbocycles. The van der Waals surface area contributed by atoms with E-state index >= 15 is 0 Å². The van der Waals surface area contributed by atoms with Gasteiger partial charge < -0.3 is 35.3 Å². The van der Waals surface area contributed by atoms with Gasteiger partial charge in [0, 0.05) is 202 Å². The zero-order valence-electron chi connectivity index (χ0n) is 54.7. The zero-order chi connectivity index (χ0) is 63.8. The fourth-order valence-electron chi connectivity index (χ4n) is 12.1. The van der Waals surface area contributed by atoms with Gasteiger partial charge >= 0.3 is 23.9 Å². The SMILES string of the molecule is O=C(O)CN1CCN2CCN(CC(=O)O)CCN(CC1)Cc1cccc(n1)-c1cn(nn1)Cc1cc(-c3ccccc3)cc(n1)CN1CCN(CC(=O)O)CCN(CCN(CC(=O)O)CC1)Cc1cccc(n1)-c1cn(nn1)Cc1cc(-c3ccccc3)cc(n1)C2.[CH3-].[CH3-].[La].[La]. The largest absolute Gasteiger partial charge is 0.480 e. The third-order valence-corrected chi connectivity index (χ3v) is 16.8. The average molecular weight is 1560 g/mol. The third-order valence-electron chi connectivity index (χ3n) is 16.8. The van der Waals surface area contributed by atoms with Crippen molar-refractivity contribution in [1.29, 1.82) is 0 Å².